The number of hydrogen-bond acceptors (Lipinski definition) is 3. The minimum atomic E-state index is 0.252. The zero-order valence-corrected chi connectivity index (χ0v) is 10.5. The molecule has 0 unspecified atom stereocenters. The van der Waals surface area contributed by atoms with Crippen LogP contribution in [-0.2, 0) is 9.53 Å². The lowest BCUT2D eigenvalue weighted by Crippen LogP contribution is -2.42. The van der Waals surface area contributed by atoms with Gasteiger partial charge in [0.15, 0.2) is 0 Å². The van der Waals surface area contributed by atoms with Crippen molar-refractivity contribution >= 4 is 5.91 Å². The maximum Gasteiger partial charge on any atom is 0.224 e. The van der Waals surface area contributed by atoms with Crippen LogP contribution in [-0.4, -0.2) is 49.7 Å². The zero-order chi connectivity index (χ0) is 11.8. The average Bonchev–Trinajstić information content (AvgIpc) is 2.35. The van der Waals surface area contributed by atoms with Crippen LogP contribution in [0.5, 0.6) is 0 Å². The van der Waals surface area contributed by atoms with Crippen LogP contribution in [0, 0.1) is 0 Å². The molecule has 0 atom stereocenters. The van der Waals surface area contributed by atoms with Gasteiger partial charge in [-0.1, -0.05) is 13.8 Å². The Morgan fingerprint density at radius 1 is 1.31 bits per heavy atom. The van der Waals surface area contributed by atoms with E-state index in [9.17, 15) is 4.79 Å². The lowest BCUT2D eigenvalue weighted by molar-refractivity contribution is -0.135. The summed E-state index contributed by atoms with van der Waals surface area (Å²) in [6.07, 6.45) is 2.86. The molecule has 1 aliphatic rings. The molecule has 1 aliphatic heterocycles. The number of carbonyl (C=O) groups excluding carboxylic acids is 1. The van der Waals surface area contributed by atoms with Gasteiger partial charge >= 0.3 is 0 Å². The molecular formula is C12H24N2O2. The third-order valence-electron chi connectivity index (χ3n) is 3.12. The van der Waals surface area contributed by atoms with Gasteiger partial charge in [-0.15, -0.1) is 0 Å². The minimum Gasteiger partial charge on any atom is -0.378 e. The maximum absolute atomic E-state index is 11.8. The standard InChI is InChI=1S/C12H24N2O2/c1-3-11(4-2)13-6-5-12(15)14-7-9-16-10-8-14/h11,13H,3-10H2,1-2H3. The van der Waals surface area contributed by atoms with Crippen molar-refractivity contribution in [3.8, 4) is 0 Å². The largest absolute Gasteiger partial charge is 0.378 e. The van der Waals surface area contributed by atoms with E-state index in [1.54, 1.807) is 0 Å². The van der Waals surface area contributed by atoms with Crippen LogP contribution in [0.4, 0.5) is 0 Å². The van der Waals surface area contributed by atoms with Crippen LogP contribution in [0.25, 0.3) is 0 Å². The molecule has 0 aromatic heterocycles. The Labute approximate surface area is 98.3 Å². The summed E-state index contributed by atoms with van der Waals surface area (Å²) < 4.78 is 5.22. The number of carbonyl (C=O) groups is 1. The summed E-state index contributed by atoms with van der Waals surface area (Å²) in [5.41, 5.74) is 0. The summed E-state index contributed by atoms with van der Waals surface area (Å²) >= 11 is 0. The van der Waals surface area contributed by atoms with Gasteiger partial charge in [-0.2, -0.15) is 0 Å². The Balaban J connectivity index is 2.13. The van der Waals surface area contributed by atoms with Crippen molar-refractivity contribution < 1.29 is 9.53 Å². The quantitative estimate of drug-likeness (QED) is 0.738. The molecule has 0 radical (unpaired) electrons. The number of nitrogens with one attached hydrogen (secondary N) is 1. The van der Waals surface area contributed by atoms with E-state index in [4.69, 9.17) is 4.74 Å². The van der Waals surface area contributed by atoms with Crippen molar-refractivity contribution in [1.29, 1.82) is 0 Å². The monoisotopic (exact) mass is 228 g/mol. The highest BCUT2D eigenvalue weighted by Gasteiger charge is 2.16. The molecule has 1 N–H and O–H groups in total. The second-order valence-electron chi connectivity index (χ2n) is 4.21. The van der Waals surface area contributed by atoms with Crippen molar-refractivity contribution in [1.82, 2.24) is 10.2 Å². The molecule has 1 rings (SSSR count). The number of amides is 1. The second-order valence-corrected chi connectivity index (χ2v) is 4.21. The first-order valence-corrected chi connectivity index (χ1v) is 6.36. The topological polar surface area (TPSA) is 41.6 Å². The molecule has 0 aliphatic carbocycles. The van der Waals surface area contributed by atoms with Gasteiger partial charge in [-0.05, 0) is 12.8 Å². The molecule has 94 valence electrons. The Kier molecular flexibility index (Phi) is 6.42. The molecule has 4 nitrogen and oxygen atoms in total. The first kappa shape index (κ1) is 13.5. The van der Waals surface area contributed by atoms with Crippen molar-refractivity contribution in [2.75, 3.05) is 32.8 Å². The Morgan fingerprint density at radius 2 is 1.94 bits per heavy atom. The molecule has 0 spiro atoms. The van der Waals surface area contributed by atoms with Gasteiger partial charge in [-0.25, -0.2) is 0 Å². The van der Waals surface area contributed by atoms with Crippen molar-refractivity contribution in [3.63, 3.8) is 0 Å². The minimum absolute atomic E-state index is 0.252. The number of morpholine rings is 1. The summed E-state index contributed by atoms with van der Waals surface area (Å²) in [5, 5.41) is 3.41. The molecule has 0 aromatic carbocycles. The average molecular weight is 228 g/mol. The van der Waals surface area contributed by atoms with Crippen LogP contribution in [0.1, 0.15) is 33.1 Å². The van der Waals surface area contributed by atoms with Crippen molar-refractivity contribution in [2.45, 2.75) is 39.2 Å². The third-order valence-corrected chi connectivity index (χ3v) is 3.12. The van der Waals surface area contributed by atoms with Gasteiger partial charge in [0.25, 0.3) is 0 Å². The van der Waals surface area contributed by atoms with Crippen LogP contribution < -0.4 is 5.32 Å². The number of nitrogens with zero attached hydrogens (tertiary/aromatic N) is 1. The molecule has 1 fully saturated rings. The Hall–Kier alpha value is -0.610. The lowest BCUT2D eigenvalue weighted by Gasteiger charge is -2.27. The summed E-state index contributed by atoms with van der Waals surface area (Å²) in [6.45, 7) is 8.02. The normalized spacial score (nSPS) is 16.8. The highest BCUT2D eigenvalue weighted by Crippen LogP contribution is 2.01. The van der Waals surface area contributed by atoms with Crippen LogP contribution in [0.15, 0.2) is 0 Å². The predicted molar refractivity (Wildman–Crippen MR) is 64.4 cm³/mol. The molecule has 0 bridgehead atoms. The fourth-order valence-corrected chi connectivity index (χ4v) is 1.93. The number of ether oxygens (including phenoxy) is 1. The number of hydrogen-bond donors (Lipinski definition) is 1. The zero-order valence-electron chi connectivity index (χ0n) is 10.5. The molecule has 1 saturated heterocycles. The van der Waals surface area contributed by atoms with Crippen LogP contribution in [0.2, 0.25) is 0 Å². The molecule has 0 saturated carbocycles. The van der Waals surface area contributed by atoms with Gasteiger partial charge < -0.3 is 15.0 Å². The fourth-order valence-electron chi connectivity index (χ4n) is 1.93. The van der Waals surface area contributed by atoms with E-state index in [1.165, 1.54) is 0 Å². The molecule has 1 heterocycles. The molecule has 0 aromatic rings. The molecule has 1 amide bonds. The van der Waals surface area contributed by atoms with E-state index in [-0.39, 0.29) is 5.91 Å². The SMILES string of the molecule is CCC(CC)NCCC(=O)N1CCOCC1. The first-order chi connectivity index (χ1) is 7.77. The van der Waals surface area contributed by atoms with E-state index < -0.39 is 0 Å². The molecule has 4 heteroatoms. The smallest absolute Gasteiger partial charge is 0.224 e. The van der Waals surface area contributed by atoms with Crippen molar-refractivity contribution in [2.24, 2.45) is 0 Å². The number of rotatable bonds is 6. The molecular weight excluding hydrogens is 204 g/mol. The molecule has 16 heavy (non-hydrogen) atoms. The lowest BCUT2D eigenvalue weighted by atomic mass is 10.1. The fraction of sp³-hybridized carbons (Fsp3) is 0.917. The second kappa shape index (κ2) is 7.63. The summed E-state index contributed by atoms with van der Waals surface area (Å²) in [5.74, 6) is 0.252. The summed E-state index contributed by atoms with van der Waals surface area (Å²) in [6, 6.07) is 0.553. The van der Waals surface area contributed by atoms with E-state index in [2.05, 4.69) is 19.2 Å². The van der Waals surface area contributed by atoms with E-state index >= 15 is 0 Å². The predicted octanol–water partition coefficient (Wildman–Crippen LogP) is 1.01. The van der Waals surface area contributed by atoms with Crippen LogP contribution >= 0.6 is 0 Å². The Bertz CT molecular complexity index is 199. The van der Waals surface area contributed by atoms with E-state index in [0.29, 0.717) is 25.7 Å². The van der Waals surface area contributed by atoms with Gasteiger partial charge in [0, 0.05) is 32.1 Å². The highest BCUT2D eigenvalue weighted by atomic mass is 16.5. The maximum atomic E-state index is 11.8. The Morgan fingerprint density at radius 3 is 2.50 bits per heavy atom. The van der Waals surface area contributed by atoms with Crippen LogP contribution in [0.3, 0.4) is 0 Å². The van der Waals surface area contributed by atoms with Gasteiger partial charge in [0.05, 0.1) is 13.2 Å². The van der Waals surface area contributed by atoms with Gasteiger partial charge in [0.1, 0.15) is 0 Å². The van der Waals surface area contributed by atoms with E-state index in [1.807, 2.05) is 4.90 Å². The third kappa shape index (κ3) is 4.49. The van der Waals surface area contributed by atoms with Gasteiger partial charge in [-0.3, -0.25) is 4.79 Å². The highest BCUT2D eigenvalue weighted by molar-refractivity contribution is 5.76. The van der Waals surface area contributed by atoms with Gasteiger partial charge in [0.2, 0.25) is 5.91 Å². The van der Waals surface area contributed by atoms with E-state index in [0.717, 1.165) is 32.5 Å². The summed E-state index contributed by atoms with van der Waals surface area (Å²) in [4.78, 5) is 13.7. The summed E-state index contributed by atoms with van der Waals surface area (Å²) in [7, 11) is 0. The van der Waals surface area contributed by atoms with Crippen molar-refractivity contribution in [3.05, 3.63) is 0 Å². The first-order valence-electron chi connectivity index (χ1n) is 6.36.